The molecular formula is C25H32N7O8P. The number of nitriles is 1. The Kier molecular flexibility index (Phi) is 9.11. The first-order chi connectivity index (χ1) is 19.5. The van der Waals surface area contributed by atoms with Crippen LogP contribution < -0.4 is 20.1 Å². The van der Waals surface area contributed by atoms with E-state index in [0.29, 0.717) is 6.42 Å². The quantitative estimate of drug-likeness (QED) is 0.205. The van der Waals surface area contributed by atoms with Crippen molar-refractivity contribution in [2.45, 2.75) is 51.7 Å². The third kappa shape index (κ3) is 6.27. The zero-order chi connectivity index (χ0) is 29.8. The van der Waals surface area contributed by atoms with Gasteiger partial charge in [-0.1, -0.05) is 25.1 Å². The number of aromatic nitrogens is 4. The standard InChI is InChI=1S/C25H32N7O8P/c1-5-11-37-22(34)15(2)31-41(35,40-16-9-7-6-8-10-16)38-12-17-19(33)25(3,13-26)23(39-17)32-14-28-18-20(32)29-24(27)30-21(18)36-4/h6-10,14-15,17,19,23,33H,5,11-12H2,1-4H3,(H,31,35)(H2,27,29,30)/t15-,17+,19+,23+,25?,41?/m0/s1. The van der Waals surface area contributed by atoms with Crippen molar-refractivity contribution in [3.8, 4) is 17.7 Å². The van der Waals surface area contributed by atoms with Gasteiger partial charge in [-0.2, -0.15) is 20.3 Å². The molecule has 0 amide bonds. The van der Waals surface area contributed by atoms with Crippen LogP contribution in [-0.2, 0) is 23.4 Å². The minimum atomic E-state index is -4.25. The average molecular weight is 590 g/mol. The number of carbonyl (C=O) groups is 1. The lowest BCUT2D eigenvalue weighted by Crippen LogP contribution is -2.39. The molecule has 1 aliphatic heterocycles. The summed E-state index contributed by atoms with van der Waals surface area (Å²) in [6, 6.07) is 9.27. The topological polar surface area (TPSA) is 206 Å². The summed E-state index contributed by atoms with van der Waals surface area (Å²) < 4.78 is 43.1. The number of nitrogen functional groups attached to an aromatic ring is 1. The Hall–Kier alpha value is -3.80. The Morgan fingerprint density at radius 3 is 2.76 bits per heavy atom. The second kappa shape index (κ2) is 12.4. The third-order valence-corrected chi connectivity index (χ3v) is 8.05. The van der Waals surface area contributed by atoms with E-state index in [1.54, 1.807) is 30.3 Å². The number of methoxy groups -OCH3 is 1. The molecule has 2 aromatic heterocycles. The maximum atomic E-state index is 13.8. The Morgan fingerprint density at radius 2 is 2.10 bits per heavy atom. The molecule has 3 aromatic rings. The molecule has 16 heteroatoms. The summed E-state index contributed by atoms with van der Waals surface area (Å²) in [6.45, 7) is 4.52. The van der Waals surface area contributed by atoms with Crippen LogP contribution in [0.5, 0.6) is 11.6 Å². The Balaban J connectivity index is 1.59. The Labute approximate surface area is 236 Å². The van der Waals surface area contributed by atoms with E-state index >= 15 is 0 Å². The molecule has 0 saturated carbocycles. The second-order valence-electron chi connectivity index (χ2n) is 9.50. The highest BCUT2D eigenvalue weighted by molar-refractivity contribution is 7.52. The van der Waals surface area contributed by atoms with Crippen molar-refractivity contribution in [3.63, 3.8) is 0 Å². The van der Waals surface area contributed by atoms with Gasteiger partial charge < -0.3 is 29.6 Å². The third-order valence-electron chi connectivity index (χ3n) is 6.41. The van der Waals surface area contributed by atoms with Crippen molar-refractivity contribution >= 4 is 30.8 Å². The number of hydrogen-bond donors (Lipinski definition) is 3. The van der Waals surface area contributed by atoms with E-state index in [2.05, 4.69) is 26.1 Å². The van der Waals surface area contributed by atoms with Gasteiger partial charge in [0.15, 0.2) is 17.4 Å². The maximum Gasteiger partial charge on any atom is 0.459 e. The van der Waals surface area contributed by atoms with Crippen LogP contribution in [-0.4, -0.2) is 69.2 Å². The minimum absolute atomic E-state index is 0.0927. The SMILES string of the molecule is CCCOC(=O)[C@H](C)NP(=O)(OC[C@H]1O[C@@H](n2cnc3c(OC)nc(N)nc32)C(C)(C#N)[C@@H]1O)Oc1ccccc1. The normalized spacial score (nSPS) is 24.3. The molecule has 41 heavy (non-hydrogen) atoms. The van der Waals surface area contributed by atoms with E-state index in [0.717, 1.165) is 0 Å². The molecule has 1 fully saturated rings. The lowest BCUT2D eigenvalue weighted by atomic mass is 9.84. The predicted octanol–water partition coefficient (Wildman–Crippen LogP) is 2.34. The molecule has 0 spiro atoms. The summed E-state index contributed by atoms with van der Waals surface area (Å²) in [5.41, 5.74) is 4.79. The molecule has 3 heterocycles. The van der Waals surface area contributed by atoms with Gasteiger partial charge in [0.25, 0.3) is 0 Å². The molecular weight excluding hydrogens is 557 g/mol. The lowest BCUT2D eigenvalue weighted by molar-refractivity contribution is -0.145. The molecule has 1 aliphatic rings. The van der Waals surface area contributed by atoms with Gasteiger partial charge in [0, 0.05) is 0 Å². The first-order valence-corrected chi connectivity index (χ1v) is 14.3. The molecule has 2 unspecified atom stereocenters. The van der Waals surface area contributed by atoms with E-state index in [-0.39, 0.29) is 35.3 Å². The van der Waals surface area contributed by atoms with E-state index in [1.807, 2.05) is 6.92 Å². The van der Waals surface area contributed by atoms with Crippen molar-refractivity contribution < 1.29 is 37.7 Å². The van der Waals surface area contributed by atoms with Gasteiger partial charge in [-0.3, -0.25) is 13.9 Å². The summed E-state index contributed by atoms with van der Waals surface area (Å²) >= 11 is 0. The number of fused-ring (bicyclic) bond motifs is 1. The molecule has 6 atom stereocenters. The second-order valence-corrected chi connectivity index (χ2v) is 11.2. The van der Waals surface area contributed by atoms with E-state index in [4.69, 9.17) is 29.0 Å². The van der Waals surface area contributed by atoms with Gasteiger partial charge in [0.2, 0.25) is 11.8 Å². The fourth-order valence-corrected chi connectivity index (χ4v) is 5.74. The molecule has 4 rings (SSSR count). The molecule has 0 radical (unpaired) electrons. The first kappa shape index (κ1) is 30.2. The zero-order valence-electron chi connectivity index (χ0n) is 23.0. The van der Waals surface area contributed by atoms with Crippen LogP contribution in [0.3, 0.4) is 0 Å². The average Bonchev–Trinajstić information content (AvgIpc) is 3.48. The molecule has 1 saturated heterocycles. The molecule has 4 N–H and O–H groups in total. The Bertz CT molecular complexity index is 1470. The number of imidazole rings is 1. The van der Waals surface area contributed by atoms with Crippen molar-refractivity contribution in [2.75, 3.05) is 26.1 Å². The highest BCUT2D eigenvalue weighted by atomic mass is 31.2. The fraction of sp³-hybridized carbons (Fsp3) is 0.480. The largest absolute Gasteiger partial charge is 0.479 e. The fourth-order valence-electron chi connectivity index (χ4n) is 4.24. The summed E-state index contributed by atoms with van der Waals surface area (Å²) in [6.07, 6.45) is -1.69. The van der Waals surface area contributed by atoms with Crippen LogP contribution >= 0.6 is 7.75 Å². The van der Waals surface area contributed by atoms with Crippen LogP contribution in [0.1, 0.15) is 33.4 Å². The summed E-state index contributed by atoms with van der Waals surface area (Å²) in [5, 5.41) is 23.9. The Morgan fingerprint density at radius 1 is 1.37 bits per heavy atom. The number of ether oxygens (including phenoxy) is 3. The number of benzene rings is 1. The maximum absolute atomic E-state index is 13.8. The first-order valence-electron chi connectivity index (χ1n) is 12.8. The smallest absolute Gasteiger partial charge is 0.459 e. The molecule has 0 aliphatic carbocycles. The number of nitrogens with zero attached hydrogens (tertiary/aromatic N) is 5. The molecule has 0 bridgehead atoms. The molecule has 15 nitrogen and oxygen atoms in total. The number of rotatable bonds is 12. The van der Waals surface area contributed by atoms with E-state index in [1.165, 1.54) is 31.9 Å². The highest BCUT2D eigenvalue weighted by Gasteiger charge is 2.55. The lowest BCUT2D eigenvalue weighted by Gasteiger charge is -2.26. The predicted molar refractivity (Wildman–Crippen MR) is 144 cm³/mol. The van der Waals surface area contributed by atoms with Crippen molar-refractivity contribution in [3.05, 3.63) is 36.7 Å². The number of aliphatic hydroxyl groups is 1. The van der Waals surface area contributed by atoms with Gasteiger partial charge in [-0.25, -0.2) is 9.55 Å². The van der Waals surface area contributed by atoms with Crippen molar-refractivity contribution in [1.29, 1.82) is 5.26 Å². The number of aliphatic hydroxyl groups excluding tert-OH is 1. The van der Waals surface area contributed by atoms with E-state index < -0.39 is 50.2 Å². The molecule has 1 aromatic carbocycles. The minimum Gasteiger partial charge on any atom is -0.479 e. The van der Waals surface area contributed by atoms with Gasteiger partial charge in [-0.05, 0) is 32.4 Å². The summed E-state index contributed by atoms with van der Waals surface area (Å²) in [5.74, 6) is -0.406. The number of para-hydroxylation sites is 1. The van der Waals surface area contributed by atoms with Crippen LogP contribution in [0.25, 0.3) is 11.2 Å². The number of nitrogens with one attached hydrogen (secondary N) is 1. The van der Waals surface area contributed by atoms with Gasteiger partial charge >= 0.3 is 13.7 Å². The zero-order valence-corrected chi connectivity index (χ0v) is 23.9. The number of carbonyl (C=O) groups excluding carboxylic acids is 1. The van der Waals surface area contributed by atoms with Crippen LogP contribution in [0.2, 0.25) is 0 Å². The summed E-state index contributed by atoms with van der Waals surface area (Å²) in [4.78, 5) is 24.8. The monoisotopic (exact) mass is 589 g/mol. The van der Waals surface area contributed by atoms with Gasteiger partial charge in [0.05, 0.1) is 32.7 Å². The molecule has 220 valence electrons. The van der Waals surface area contributed by atoms with Crippen LogP contribution in [0.15, 0.2) is 36.7 Å². The van der Waals surface area contributed by atoms with Crippen LogP contribution in [0.4, 0.5) is 5.95 Å². The van der Waals surface area contributed by atoms with Gasteiger partial charge in [-0.15, -0.1) is 0 Å². The van der Waals surface area contributed by atoms with Crippen molar-refractivity contribution in [1.82, 2.24) is 24.6 Å². The number of esters is 1. The van der Waals surface area contributed by atoms with Crippen molar-refractivity contribution in [2.24, 2.45) is 5.41 Å². The van der Waals surface area contributed by atoms with E-state index in [9.17, 15) is 19.7 Å². The van der Waals surface area contributed by atoms with Crippen LogP contribution in [0, 0.1) is 16.7 Å². The number of hydrogen-bond acceptors (Lipinski definition) is 13. The van der Waals surface area contributed by atoms with Gasteiger partial charge in [0.1, 0.15) is 29.4 Å². The number of nitrogens with two attached hydrogens (primary N) is 1. The highest BCUT2D eigenvalue weighted by Crippen LogP contribution is 2.49. The number of anilines is 1. The summed E-state index contributed by atoms with van der Waals surface area (Å²) in [7, 11) is -2.85.